The van der Waals surface area contributed by atoms with E-state index in [0.29, 0.717) is 17.3 Å². The highest BCUT2D eigenvalue weighted by molar-refractivity contribution is 7.91. The van der Waals surface area contributed by atoms with E-state index in [0.717, 1.165) is 5.46 Å². The van der Waals surface area contributed by atoms with Crippen LogP contribution in [-0.4, -0.2) is 60.4 Å². The van der Waals surface area contributed by atoms with Gasteiger partial charge in [0.15, 0.2) is 15.5 Å². The Morgan fingerprint density at radius 2 is 1.93 bits per heavy atom. The summed E-state index contributed by atoms with van der Waals surface area (Å²) in [6.07, 6.45) is 0.426. The second-order valence-electron chi connectivity index (χ2n) is 8.54. The molecule has 2 aromatic rings. The van der Waals surface area contributed by atoms with Crippen LogP contribution in [-0.2, 0) is 19.1 Å². The average molecular weight is 405 g/mol. The van der Waals surface area contributed by atoms with Gasteiger partial charge in [-0.05, 0) is 45.6 Å². The fourth-order valence-electron chi connectivity index (χ4n) is 3.49. The Bertz CT molecular complexity index is 1030. The highest BCUT2D eigenvalue weighted by atomic mass is 32.2. The predicted molar refractivity (Wildman–Crippen MR) is 106 cm³/mol. The second-order valence-corrected chi connectivity index (χ2v) is 10.8. The number of carbonyl (C=O) groups excluding carboxylic acids is 1. The maximum absolute atomic E-state index is 12.7. The lowest BCUT2D eigenvalue weighted by atomic mass is 9.78. The minimum atomic E-state index is -3.07. The van der Waals surface area contributed by atoms with E-state index in [2.05, 4.69) is 15.5 Å². The van der Waals surface area contributed by atoms with Gasteiger partial charge >= 0.3 is 7.12 Å². The average Bonchev–Trinajstić information content (AvgIpc) is 3.21. The number of hydrogen-bond acceptors (Lipinski definition) is 6. The van der Waals surface area contributed by atoms with Crippen molar-refractivity contribution in [1.82, 2.24) is 15.5 Å². The molecular weight excluding hydrogens is 381 g/mol. The van der Waals surface area contributed by atoms with Gasteiger partial charge in [-0.1, -0.05) is 12.1 Å². The molecule has 2 aliphatic heterocycles. The zero-order chi connectivity index (χ0) is 20.3. The van der Waals surface area contributed by atoms with E-state index in [1.165, 1.54) is 0 Å². The summed E-state index contributed by atoms with van der Waals surface area (Å²) < 4.78 is 35.4. The first-order valence-electron chi connectivity index (χ1n) is 9.32. The van der Waals surface area contributed by atoms with Gasteiger partial charge in [0, 0.05) is 11.4 Å². The van der Waals surface area contributed by atoms with Gasteiger partial charge in [0.05, 0.1) is 28.2 Å². The summed E-state index contributed by atoms with van der Waals surface area (Å²) in [7, 11) is -3.61. The zero-order valence-electron chi connectivity index (χ0n) is 16.4. The molecule has 2 N–H and O–H groups in total. The van der Waals surface area contributed by atoms with Gasteiger partial charge < -0.3 is 14.6 Å². The van der Waals surface area contributed by atoms with E-state index < -0.39 is 28.2 Å². The molecular formula is C18H24BN3O5S. The molecule has 0 saturated carbocycles. The van der Waals surface area contributed by atoms with Crippen LogP contribution in [0.1, 0.15) is 44.6 Å². The lowest BCUT2D eigenvalue weighted by molar-refractivity contribution is 0.00578. The van der Waals surface area contributed by atoms with Crippen LogP contribution in [0, 0.1) is 0 Å². The van der Waals surface area contributed by atoms with E-state index in [1.54, 1.807) is 0 Å². The van der Waals surface area contributed by atoms with E-state index >= 15 is 0 Å². The number of aromatic nitrogens is 2. The third-order valence-electron chi connectivity index (χ3n) is 5.90. The molecule has 4 rings (SSSR count). The minimum absolute atomic E-state index is 0.0275. The van der Waals surface area contributed by atoms with Gasteiger partial charge in [-0.25, -0.2) is 8.42 Å². The quantitative estimate of drug-likeness (QED) is 0.731. The maximum Gasteiger partial charge on any atom is 0.494 e. The number of fused-ring (bicyclic) bond motifs is 1. The van der Waals surface area contributed by atoms with Crippen LogP contribution >= 0.6 is 0 Å². The van der Waals surface area contributed by atoms with Gasteiger partial charge in [0.1, 0.15) is 0 Å². The lowest BCUT2D eigenvalue weighted by Gasteiger charge is -2.32. The van der Waals surface area contributed by atoms with Crippen molar-refractivity contribution >= 4 is 39.2 Å². The third-order valence-corrected chi connectivity index (χ3v) is 7.66. The van der Waals surface area contributed by atoms with E-state index in [-0.39, 0.29) is 29.1 Å². The van der Waals surface area contributed by atoms with Crippen LogP contribution in [0.2, 0.25) is 0 Å². The Labute approximate surface area is 164 Å². The third kappa shape index (κ3) is 3.33. The molecule has 2 fully saturated rings. The molecule has 1 aromatic carbocycles. The molecule has 28 heavy (non-hydrogen) atoms. The summed E-state index contributed by atoms with van der Waals surface area (Å²) in [5.41, 5.74) is 0.821. The smallest absolute Gasteiger partial charge is 0.399 e. The van der Waals surface area contributed by atoms with Crippen molar-refractivity contribution in [3.05, 3.63) is 23.9 Å². The molecule has 1 atom stereocenters. The lowest BCUT2D eigenvalue weighted by Crippen LogP contribution is -2.41. The summed E-state index contributed by atoms with van der Waals surface area (Å²) >= 11 is 0. The highest BCUT2D eigenvalue weighted by Gasteiger charge is 2.51. The first-order chi connectivity index (χ1) is 13.0. The van der Waals surface area contributed by atoms with Crippen molar-refractivity contribution in [2.24, 2.45) is 0 Å². The van der Waals surface area contributed by atoms with E-state index in [9.17, 15) is 13.2 Å². The molecule has 150 valence electrons. The first-order valence-corrected chi connectivity index (χ1v) is 11.1. The van der Waals surface area contributed by atoms with E-state index in [4.69, 9.17) is 9.31 Å². The molecule has 1 unspecified atom stereocenters. The van der Waals surface area contributed by atoms with Crippen LogP contribution in [0.15, 0.2) is 18.2 Å². The van der Waals surface area contributed by atoms with Gasteiger partial charge in [0.2, 0.25) is 0 Å². The van der Waals surface area contributed by atoms with Crippen molar-refractivity contribution in [3.8, 4) is 0 Å². The number of aromatic amines is 1. The number of carbonyl (C=O) groups is 1. The molecule has 0 bridgehead atoms. The van der Waals surface area contributed by atoms with Gasteiger partial charge in [0.25, 0.3) is 5.91 Å². The molecule has 8 nitrogen and oxygen atoms in total. The standard InChI is InChI=1S/C18H24BN3O5S/c1-17(2)18(3,4)27-19(26-17)11-5-6-14-13(9-11)15(22-21-14)16(23)20-12-7-8-28(24,25)10-12/h5-6,9,12H,7-8,10H2,1-4H3,(H,20,23)(H,21,22). The van der Waals surface area contributed by atoms with Gasteiger partial charge in [-0.15, -0.1) is 0 Å². The number of benzene rings is 1. The fraction of sp³-hybridized carbons (Fsp3) is 0.556. The Balaban J connectivity index is 1.60. The minimum Gasteiger partial charge on any atom is -0.399 e. The number of nitrogens with zero attached hydrogens (tertiary/aromatic N) is 1. The Morgan fingerprint density at radius 1 is 1.25 bits per heavy atom. The number of sulfone groups is 1. The molecule has 1 aromatic heterocycles. The van der Waals surface area contributed by atoms with Crippen molar-refractivity contribution in [2.75, 3.05) is 11.5 Å². The predicted octanol–water partition coefficient (Wildman–Crippen LogP) is 0.779. The van der Waals surface area contributed by atoms with Crippen LogP contribution in [0.4, 0.5) is 0 Å². The van der Waals surface area contributed by atoms with Crippen molar-refractivity contribution < 1.29 is 22.5 Å². The molecule has 0 spiro atoms. The molecule has 2 aliphatic rings. The molecule has 2 saturated heterocycles. The van der Waals surface area contributed by atoms with Crippen molar-refractivity contribution in [1.29, 1.82) is 0 Å². The van der Waals surface area contributed by atoms with Gasteiger partial charge in [-0.2, -0.15) is 5.10 Å². The number of hydrogen-bond donors (Lipinski definition) is 2. The second kappa shape index (κ2) is 6.30. The summed E-state index contributed by atoms with van der Waals surface area (Å²) in [5, 5.41) is 10.4. The Morgan fingerprint density at radius 3 is 2.54 bits per heavy atom. The molecule has 3 heterocycles. The number of amides is 1. The number of H-pyrrole nitrogens is 1. The van der Waals surface area contributed by atoms with Crippen molar-refractivity contribution in [3.63, 3.8) is 0 Å². The number of nitrogens with one attached hydrogen (secondary N) is 2. The zero-order valence-corrected chi connectivity index (χ0v) is 17.2. The fourth-order valence-corrected chi connectivity index (χ4v) is 5.17. The van der Waals surface area contributed by atoms with Crippen LogP contribution in [0.3, 0.4) is 0 Å². The highest BCUT2D eigenvalue weighted by Crippen LogP contribution is 2.36. The van der Waals surface area contributed by atoms with Gasteiger partial charge in [-0.3, -0.25) is 9.89 Å². The van der Waals surface area contributed by atoms with Crippen molar-refractivity contribution in [2.45, 2.75) is 51.4 Å². The molecule has 1 amide bonds. The molecule has 0 radical (unpaired) electrons. The normalized spacial score (nSPS) is 25.3. The Hall–Kier alpha value is -1.91. The summed E-state index contributed by atoms with van der Waals surface area (Å²) in [4.78, 5) is 12.7. The van der Waals surface area contributed by atoms with Crippen LogP contribution in [0.5, 0.6) is 0 Å². The van der Waals surface area contributed by atoms with Crippen LogP contribution < -0.4 is 10.8 Å². The SMILES string of the molecule is CC1(C)OB(c2ccc3[nH]nc(C(=O)NC4CCS(=O)(=O)C4)c3c2)OC1(C)C. The molecule has 0 aliphatic carbocycles. The monoisotopic (exact) mass is 405 g/mol. The largest absolute Gasteiger partial charge is 0.494 e. The topological polar surface area (TPSA) is 110 Å². The van der Waals surface area contributed by atoms with Crippen LogP contribution in [0.25, 0.3) is 10.9 Å². The van der Waals surface area contributed by atoms with E-state index in [1.807, 2.05) is 45.9 Å². The summed E-state index contributed by atoms with van der Waals surface area (Å²) in [6.45, 7) is 7.94. The summed E-state index contributed by atoms with van der Waals surface area (Å²) in [6, 6.07) is 5.17. The summed E-state index contributed by atoms with van der Waals surface area (Å²) in [5.74, 6) is -0.314. The maximum atomic E-state index is 12.7. The first kappa shape index (κ1) is 19.4. The number of rotatable bonds is 3. The Kier molecular flexibility index (Phi) is 4.37. The molecule has 10 heteroatoms.